The molecule has 0 bridgehead atoms. The van der Waals surface area contributed by atoms with Crippen molar-refractivity contribution in [2.24, 2.45) is 0 Å². The quantitative estimate of drug-likeness (QED) is 0.663. The summed E-state index contributed by atoms with van der Waals surface area (Å²) in [6, 6.07) is 14.7. The van der Waals surface area contributed by atoms with E-state index < -0.39 is 0 Å². The first-order valence-electron chi connectivity index (χ1n) is 8.07. The van der Waals surface area contributed by atoms with E-state index in [2.05, 4.69) is 30.8 Å². The van der Waals surface area contributed by atoms with Crippen molar-refractivity contribution >= 4 is 23.6 Å². The Kier molecular flexibility index (Phi) is 5.75. The van der Waals surface area contributed by atoms with Crippen LogP contribution in [0.3, 0.4) is 0 Å². The maximum atomic E-state index is 12.0. The first-order valence-corrected chi connectivity index (χ1v) is 8.07. The Labute approximate surface area is 148 Å². The Morgan fingerprint density at radius 2 is 1.56 bits per heavy atom. The third-order valence-electron chi connectivity index (χ3n) is 3.78. The normalized spacial score (nSPS) is 11.4. The highest BCUT2D eigenvalue weighted by atomic mass is 16.5. The fraction of sp³-hybridized carbons (Fsp3) is 0.238. The Morgan fingerprint density at radius 3 is 2.08 bits per heavy atom. The molecule has 0 saturated carbocycles. The third-order valence-corrected chi connectivity index (χ3v) is 3.78. The molecule has 4 heteroatoms. The van der Waals surface area contributed by atoms with E-state index in [1.54, 1.807) is 30.3 Å². The van der Waals surface area contributed by atoms with Gasteiger partial charge in [0.05, 0.1) is 12.7 Å². The Balaban J connectivity index is 1.97. The second-order valence-electron chi connectivity index (χ2n) is 6.76. The lowest BCUT2D eigenvalue weighted by Crippen LogP contribution is -2.12. The van der Waals surface area contributed by atoms with Crippen molar-refractivity contribution < 1.29 is 14.3 Å². The van der Waals surface area contributed by atoms with Gasteiger partial charge in [0.15, 0.2) is 0 Å². The van der Waals surface area contributed by atoms with Crippen LogP contribution in [0.4, 0.5) is 5.69 Å². The van der Waals surface area contributed by atoms with Crippen LogP contribution in [-0.4, -0.2) is 19.0 Å². The van der Waals surface area contributed by atoms with E-state index in [-0.39, 0.29) is 17.3 Å². The molecule has 0 aliphatic heterocycles. The van der Waals surface area contributed by atoms with Crippen molar-refractivity contribution in [3.8, 4) is 0 Å². The number of benzene rings is 2. The summed E-state index contributed by atoms with van der Waals surface area (Å²) in [6.07, 6.45) is 3.16. The van der Waals surface area contributed by atoms with Gasteiger partial charge in [-0.05, 0) is 46.9 Å². The van der Waals surface area contributed by atoms with E-state index in [1.165, 1.54) is 18.7 Å². The van der Waals surface area contributed by atoms with E-state index in [0.29, 0.717) is 5.56 Å². The largest absolute Gasteiger partial charge is 0.465 e. The molecule has 0 heterocycles. The van der Waals surface area contributed by atoms with Gasteiger partial charge in [-0.15, -0.1) is 0 Å². The summed E-state index contributed by atoms with van der Waals surface area (Å²) < 4.78 is 4.65. The van der Waals surface area contributed by atoms with Gasteiger partial charge in [0.1, 0.15) is 0 Å². The summed E-state index contributed by atoms with van der Waals surface area (Å²) in [7, 11) is 1.34. The molecule has 0 radical (unpaired) electrons. The number of esters is 1. The average molecular weight is 337 g/mol. The van der Waals surface area contributed by atoms with E-state index in [4.69, 9.17) is 0 Å². The van der Waals surface area contributed by atoms with E-state index in [9.17, 15) is 9.59 Å². The van der Waals surface area contributed by atoms with Gasteiger partial charge in [-0.2, -0.15) is 0 Å². The van der Waals surface area contributed by atoms with Crippen molar-refractivity contribution in [2.75, 3.05) is 12.4 Å². The van der Waals surface area contributed by atoms with Gasteiger partial charge < -0.3 is 10.1 Å². The van der Waals surface area contributed by atoms with Crippen molar-refractivity contribution in [3.05, 3.63) is 71.3 Å². The molecule has 0 saturated heterocycles. The van der Waals surface area contributed by atoms with Gasteiger partial charge in [-0.25, -0.2) is 4.79 Å². The van der Waals surface area contributed by atoms with Crippen LogP contribution in [0.25, 0.3) is 6.08 Å². The van der Waals surface area contributed by atoms with Crippen LogP contribution in [0.5, 0.6) is 0 Å². The lowest BCUT2D eigenvalue weighted by Gasteiger charge is -2.19. The van der Waals surface area contributed by atoms with E-state index >= 15 is 0 Å². The minimum atomic E-state index is -0.382. The highest BCUT2D eigenvalue weighted by Crippen LogP contribution is 2.23. The van der Waals surface area contributed by atoms with Crippen LogP contribution < -0.4 is 5.32 Å². The molecule has 1 N–H and O–H groups in total. The lowest BCUT2D eigenvalue weighted by atomic mass is 9.87. The number of ether oxygens (including phenoxy) is 1. The summed E-state index contributed by atoms with van der Waals surface area (Å²) in [6.45, 7) is 6.44. The Hall–Kier alpha value is -2.88. The fourth-order valence-corrected chi connectivity index (χ4v) is 2.26. The first kappa shape index (κ1) is 18.5. The lowest BCUT2D eigenvalue weighted by molar-refractivity contribution is -0.111. The van der Waals surface area contributed by atoms with Crippen molar-refractivity contribution in [1.29, 1.82) is 0 Å². The van der Waals surface area contributed by atoms with Crippen LogP contribution in [0.15, 0.2) is 54.6 Å². The summed E-state index contributed by atoms with van der Waals surface area (Å²) in [5, 5.41) is 2.83. The summed E-state index contributed by atoms with van der Waals surface area (Å²) in [5.41, 5.74) is 3.35. The number of hydrogen-bond acceptors (Lipinski definition) is 3. The predicted octanol–water partition coefficient (Wildman–Crippen LogP) is 4.42. The van der Waals surface area contributed by atoms with Crippen LogP contribution in [-0.2, 0) is 14.9 Å². The van der Waals surface area contributed by atoms with Gasteiger partial charge in [0.25, 0.3) is 0 Å². The van der Waals surface area contributed by atoms with Crippen LogP contribution in [0.1, 0.15) is 42.3 Å². The maximum Gasteiger partial charge on any atom is 0.337 e. The molecular formula is C21H23NO3. The van der Waals surface area contributed by atoms with Crippen molar-refractivity contribution in [2.45, 2.75) is 26.2 Å². The Bertz CT molecular complexity index is 766. The zero-order valence-corrected chi connectivity index (χ0v) is 15.0. The van der Waals surface area contributed by atoms with E-state index in [0.717, 1.165) is 11.3 Å². The standard InChI is InChI=1S/C21H23NO3/c1-21(2,3)17-10-12-18(13-11-17)22-19(23)14-7-15-5-8-16(9-6-15)20(24)25-4/h5-14H,1-4H3,(H,22,23). The van der Waals surface area contributed by atoms with Gasteiger partial charge in [-0.3, -0.25) is 4.79 Å². The summed E-state index contributed by atoms with van der Waals surface area (Å²) in [4.78, 5) is 23.4. The Morgan fingerprint density at radius 1 is 0.960 bits per heavy atom. The SMILES string of the molecule is COC(=O)c1ccc(C=CC(=O)Nc2ccc(C(C)(C)C)cc2)cc1. The maximum absolute atomic E-state index is 12.0. The molecule has 4 nitrogen and oxygen atoms in total. The zero-order valence-electron chi connectivity index (χ0n) is 15.0. The number of hydrogen-bond donors (Lipinski definition) is 1. The summed E-state index contributed by atoms with van der Waals surface area (Å²) >= 11 is 0. The number of rotatable bonds is 4. The number of methoxy groups -OCH3 is 1. The predicted molar refractivity (Wildman–Crippen MR) is 101 cm³/mol. The number of anilines is 1. The third kappa shape index (κ3) is 5.31. The topological polar surface area (TPSA) is 55.4 Å². The zero-order chi connectivity index (χ0) is 18.4. The van der Waals surface area contributed by atoms with Crippen LogP contribution >= 0.6 is 0 Å². The molecule has 2 rings (SSSR count). The number of carbonyl (C=O) groups is 2. The number of amides is 1. The molecule has 2 aromatic carbocycles. The van der Waals surface area contributed by atoms with Crippen molar-refractivity contribution in [1.82, 2.24) is 0 Å². The molecule has 0 spiro atoms. The minimum absolute atomic E-state index is 0.0821. The van der Waals surface area contributed by atoms with E-state index in [1.807, 2.05) is 24.3 Å². The monoisotopic (exact) mass is 337 g/mol. The molecule has 2 aromatic rings. The highest BCUT2D eigenvalue weighted by molar-refractivity contribution is 6.02. The van der Waals surface area contributed by atoms with Crippen LogP contribution in [0, 0.1) is 0 Å². The molecule has 0 aromatic heterocycles. The highest BCUT2D eigenvalue weighted by Gasteiger charge is 2.12. The second kappa shape index (κ2) is 7.79. The van der Waals surface area contributed by atoms with Gasteiger partial charge >= 0.3 is 5.97 Å². The number of nitrogens with one attached hydrogen (secondary N) is 1. The average Bonchev–Trinajstić information content (AvgIpc) is 2.59. The molecule has 0 aliphatic carbocycles. The minimum Gasteiger partial charge on any atom is -0.465 e. The molecule has 0 unspecified atom stereocenters. The van der Waals surface area contributed by atoms with Gasteiger partial charge in [0, 0.05) is 11.8 Å². The van der Waals surface area contributed by atoms with Gasteiger partial charge in [0.2, 0.25) is 5.91 Å². The molecule has 0 atom stereocenters. The van der Waals surface area contributed by atoms with Crippen LogP contribution in [0.2, 0.25) is 0 Å². The molecule has 25 heavy (non-hydrogen) atoms. The fourth-order valence-electron chi connectivity index (χ4n) is 2.26. The molecule has 130 valence electrons. The molecule has 0 fully saturated rings. The molecule has 1 amide bonds. The summed E-state index contributed by atoms with van der Waals surface area (Å²) in [5.74, 6) is -0.590. The van der Waals surface area contributed by atoms with Gasteiger partial charge in [-0.1, -0.05) is 45.0 Å². The smallest absolute Gasteiger partial charge is 0.337 e. The first-order chi connectivity index (χ1) is 11.8. The number of carbonyl (C=O) groups excluding carboxylic acids is 2. The molecule has 0 aliphatic rings. The molecular weight excluding hydrogens is 314 g/mol. The van der Waals surface area contributed by atoms with Crippen molar-refractivity contribution in [3.63, 3.8) is 0 Å². The second-order valence-corrected chi connectivity index (χ2v) is 6.76.